The quantitative estimate of drug-likeness (QED) is 0.751. The van der Waals surface area contributed by atoms with Gasteiger partial charge in [-0.15, -0.1) is 0 Å². The Kier molecular flexibility index (Phi) is 4.64. The summed E-state index contributed by atoms with van der Waals surface area (Å²) in [5.41, 5.74) is 3.12. The van der Waals surface area contributed by atoms with Crippen molar-refractivity contribution in [2.45, 2.75) is 51.3 Å². The lowest BCUT2D eigenvalue weighted by molar-refractivity contribution is -0.0536. The number of pyridine rings is 1. The second-order valence-electron chi connectivity index (χ2n) is 8.34. The van der Waals surface area contributed by atoms with Gasteiger partial charge in [-0.2, -0.15) is 0 Å². The number of nitrogens with zero attached hydrogens (tertiary/aromatic N) is 2. The van der Waals surface area contributed by atoms with Crippen molar-refractivity contribution in [2.75, 3.05) is 13.2 Å². The van der Waals surface area contributed by atoms with E-state index in [1.807, 2.05) is 37.9 Å². The van der Waals surface area contributed by atoms with Crippen molar-refractivity contribution in [1.29, 1.82) is 0 Å². The van der Waals surface area contributed by atoms with Gasteiger partial charge in [0.05, 0.1) is 30.8 Å². The average molecular weight is 366 g/mol. The van der Waals surface area contributed by atoms with Crippen LogP contribution in [0.1, 0.15) is 32.8 Å². The molecule has 142 valence electrons. The van der Waals surface area contributed by atoms with E-state index in [4.69, 9.17) is 9.47 Å². The van der Waals surface area contributed by atoms with Crippen LogP contribution in [-0.4, -0.2) is 46.9 Å². The number of hydrogen-bond donors (Lipinski definition) is 0. The van der Waals surface area contributed by atoms with E-state index in [1.54, 1.807) is 0 Å². The summed E-state index contributed by atoms with van der Waals surface area (Å²) in [6.07, 6.45) is 5.43. The first-order chi connectivity index (χ1) is 12.9. The molecule has 2 unspecified atom stereocenters. The molecule has 1 amide bonds. The number of carbonyl (C=O) groups is 1. The van der Waals surface area contributed by atoms with Crippen molar-refractivity contribution < 1.29 is 14.3 Å². The number of carbonyl (C=O) groups excluding carboxylic acids is 1. The summed E-state index contributed by atoms with van der Waals surface area (Å²) in [5.74, 6) is 0. The van der Waals surface area contributed by atoms with Gasteiger partial charge in [-0.1, -0.05) is 35.9 Å². The molecule has 2 aromatic rings. The Morgan fingerprint density at radius 2 is 2.07 bits per heavy atom. The third-order valence-corrected chi connectivity index (χ3v) is 5.01. The molecular formula is C22H26N2O3. The lowest BCUT2D eigenvalue weighted by Gasteiger charge is -2.44. The largest absolute Gasteiger partial charge is 0.444 e. The van der Waals surface area contributed by atoms with Gasteiger partial charge in [0.25, 0.3) is 0 Å². The number of aromatic nitrogens is 1. The molecule has 1 aromatic heterocycles. The van der Waals surface area contributed by atoms with Crippen LogP contribution in [0.15, 0.2) is 48.2 Å². The fourth-order valence-electron chi connectivity index (χ4n) is 3.97. The molecule has 0 saturated carbocycles. The van der Waals surface area contributed by atoms with Crippen LogP contribution in [0.3, 0.4) is 0 Å². The summed E-state index contributed by atoms with van der Waals surface area (Å²) in [5, 5.41) is 1.16. The highest BCUT2D eigenvalue weighted by atomic mass is 16.6. The van der Waals surface area contributed by atoms with Crippen molar-refractivity contribution in [2.24, 2.45) is 0 Å². The minimum absolute atomic E-state index is 0.0292. The Morgan fingerprint density at radius 3 is 2.85 bits per heavy atom. The normalized spacial score (nSPS) is 22.5. The Hall–Kier alpha value is -2.40. The highest BCUT2D eigenvalue weighted by Gasteiger charge is 2.39. The Morgan fingerprint density at radius 1 is 1.26 bits per heavy atom. The summed E-state index contributed by atoms with van der Waals surface area (Å²) >= 11 is 0. The first kappa shape index (κ1) is 18.0. The summed E-state index contributed by atoms with van der Waals surface area (Å²) in [6.45, 7) is 6.77. The second-order valence-corrected chi connectivity index (χ2v) is 8.34. The highest BCUT2D eigenvalue weighted by molar-refractivity contribution is 5.81. The van der Waals surface area contributed by atoms with Crippen LogP contribution in [0.25, 0.3) is 10.9 Å². The fraction of sp³-hybridized carbons (Fsp3) is 0.455. The molecule has 2 aliphatic heterocycles. The molecule has 0 aliphatic carbocycles. The van der Waals surface area contributed by atoms with Gasteiger partial charge in [-0.25, -0.2) is 4.79 Å². The van der Waals surface area contributed by atoms with Gasteiger partial charge >= 0.3 is 6.09 Å². The van der Waals surface area contributed by atoms with E-state index in [0.29, 0.717) is 13.2 Å². The first-order valence-electron chi connectivity index (χ1n) is 9.52. The highest BCUT2D eigenvalue weighted by Crippen LogP contribution is 2.31. The zero-order valence-corrected chi connectivity index (χ0v) is 16.1. The molecule has 5 heteroatoms. The Balaban J connectivity index is 1.58. The van der Waals surface area contributed by atoms with E-state index in [1.165, 1.54) is 11.1 Å². The minimum atomic E-state index is -0.495. The molecule has 27 heavy (non-hydrogen) atoms. The van der Waals surface area contributed by atoms with E-state index in [2.05, 4.69) is 35.3 Å². The number of hydrogen-bond acceptors (Lipinski definition) is 4. The molecule has 5 nitrogen and oxygen atoms in total. The number of amides is 1. The van der Waals surface area contributed by atoms with Gasteiger partial charge in [0.1, 0.15) is 5.60 Å². The SMILES string of the molecule is CC(C)(C)OC(=O)N1C2C=C(Cc3cccc4cccnc34)CC1COC2. The number of para-hydroxylation sites is 1. The van der Waals surface area contributed by atoms with E-state index in [0.717, 1.165) is 23.7 Å². The third kappa shape index (κ3) is 3.83. The molecular weight excluding hydrogens is 340 g/mol. The molecule has 2 aliphatic rings. The van der Waals surface area contributed by atoms with Crippen molar-refractivity contribution in [3.8, 4) is 0 Å². The van der Waals surface area contributed by atoms with Gasteiger partial charge in [0.2, 0.25) is 0 Å². The maximum Gasteiger partial charge on any atom is 0.411 e. The fourth-order valence-corrected chi connectivity index (χ4v) is 3.97. The molecule has 0 spiro atoms. The van der Waals surface area contributed by atoms with Gasteiger partial charge in [0.15, 0.2) is 0 Å². The number of ether oxygens (including phenoxy) is 2. The van der Waals surface area contributed by atoms with Gasteiger partial charge in [-0.05, 0) is 45.2 Å². The van der Waals surface area contributed by atoms with Crippen molar-refractivity contribution in [1.82, 2.24) is 9.88 Å². The van der Waals surface area contributed by atoms with Crippen LogP contribution in [0.5, 0.6) is 0 Å². The number of benzene rings is 1. The molecule has 2 bridgehead atoms. The van der Waals surface area contributed by atoms with Gasteiger partial charge < -0.3 is 9.47 Å². The van der Waals surface area contributed by atoms with E-state index in [9.17, 15) is 4.79 Å². The average Bonchev–Trinajstić information content (AvgIpc) is 2.60. The molecule has 1 fully saturated rings. The topological polar surface area (TPSA) is 51.7 Å². The predicted octanol–water partition coefficient (Wildman–Crippen LogP) is 4.11. The summed E-state index contributed by atoms with van der Waals surface area (Å²) < 4.78 is 11.3. The molecule has 1 aromatic carbocycles. The first-order valence-corrected chi connectivity index (χ1v) is 9.52. The van der Waals surface area contributed by atoms with Crippen LogP contribution in [0.4, 0.5) is 4.79 Å². The summed E-state index contributed by atoms with van der Waals surface area (Å²) in [7, 11) is 0. The predicted molar refractivity (Wildman–Crippen MR) is 105 cm³/mol. The molecule has 2 atom stereocenters. The van der Waals surface area contributed by atoms with Crippen LogP contribution in [0.2, 0.25) is 0 Å². The third-order valence-electron chi connectivity index (χ3n) is 5.01. The number of rotatable bonds is 2. The molecule has 0 radical (unpaired) electrons. The Labute approximate surface area is 160 Å². The minimum Gasteiger partial charge on any atom is -0.444 e. The van der Waals surface area contributed by atoms with Crippen LogP contribution in [0, 0.1) is 0 Å². The van der Waals surface area contributed by atoms with E-state index >= 15 is 0 Å². The van der Waals surface area contributed by atoms with Gasteiger partial charge in [-0.3, -0.25) is 9.88 Å². The summed E-state index contributed by atoms with van der Waals surface area (Å²) in [6, 6.07) is 10.3. The molecule has 4 rings (SSSR count). The van der Waals surface area contributed by atoms with Crippen molar-refractivity contribution in [3.63, 3.8) is 0 Å². The second kappa shape index (κ2) is 6.97. The summed E-state index contributed by atoms with van der Waals surface area (Å²) in [4.78, 5) is 19.1. The molecule has 0 N–H and O–H groups in total. The lowest BCUT2D eigenvalue weighted by atomic mass is 9.90. The zero-order chi connectivity index (χ0) is 19.0. The number of morpholine rings is 1. The number of fused-ring (bicyclic) bond motifs is 3. The lowest BCUT2D eigenvalue weighted by Crippen LogP contribution is -2.57. The molecule has 1 saturated heterocycles. The zero-order valence-electron chi connectivity index (χ0n) is 16.1. The van der Waals surface area contributed by atoms with Crippen LogP contribution < -0.4 is 0 Å². The smallest absolute Gasteiger partial charge is 0.411 e. The maximum absolute atomic E-state index is 12.7. The van der Waals surface area contributed by atoms with E-state index in [-0.39, 0.29) is 18.2 Å². The van der Waals surface area contributed by atoms with Crippen molar-refractivity contribution in [3.05, 3.63) is 53.7 Å². The standard InChI is InChI=1S/C22H26N2O3/c1-22(2,3)27-21(25)24-18-11-15(12-19(24)14-26-13-18)10-17-7-4-6-16-8-5-9-23-20(16)17/h4-9,11,18-19H,10,12-14H2,1-3H3. The van der Waals surface area contributed by atoms with Crippen LogP contribution >= 0.6 is 0 Å². The van der Waals surface area contributed by atoms with E-state index < -0.39 is 5.60 Å². The monoisotopic (exact) mass is 366 g/mol. The van der Waals surface area contributed by atoms with Crippen LogP contribution in [-0.2, 0) is 15.9 Å². The maximum atomic E-state index is 12.7. The van der Waals surface area contributed by atoms with Crippen molar-refractivity contribution >= 4 is 17.0 Å². The Bertz CT molecular complexity index is 879. The molecule has 3 heterocycles. The van der Waals surface area contributed by atoms with Gasteiger partial charge in [0, 0.05) is 11.6 Å².